The molecule has 4 heteroatoms. The van der Waals surface area contributed by atoms with Crippen LogP contribution in [0.1, 0.15) is 26.2 Å². The number of unbranched alkanes of at least 4 members (excludes halogenated alkanes) is 2. The summed E-state index contributed by atoms with van der Waals surface area (Å²) >= 11 is 0. The molecule has 0 spiro atoms. The zero-order valence-electron chi connectivity index (χ0n) is 5.46. The summed E-state index contributed by atoms with van der Waals surface area (Å²) in [4.78, 5) is 0. The average molecular weight is 160 g/mol. The van der Waals surface area contributed by atoms with Gasteiger partial charge in [0, 0.05) is 0 Å². The molecule has 0 N–H and O–H groups in total. The fourth-order valence-corrected chi connectivity index (χ4v) is 1.23. The van der Waals surface area contributed by atoms with E-state index in [-0.39, 0.29) is 0 Å². The van der Waals surface area contributed by atoms with Gasteiger partial charge < -0.3 is 0 Å². The van der Waals surface area contributed by atoms with Crippen molar-refractivity contribution in [2.45, 2.75) is 26.2 Å². The number of rotatable bonds is 4. The molecule has 0 unspecified atom stereocenters. The zero-order chi connectivity index (χ0) is 7.33. The van der Waals surface area contributed by atoms with Crippen molar-refractivity contribution in [1.82, 2.24) is 0 Å². The second-order valence-electron chi connectivity index (χ2n) is 2.07. The SMILES string of the molecule is CCCCC[PH](F)(F)F. The predicted molar refractivity (Wildman–Crippen MR) is 36.0 cm³/mol. The van der Waals surface area contributed by atoms with E-state index in [0.29, 0.717) is 12.8 Å². The van der Waals surface area contributed by atoms with Crippen LogP contribution in [0.2, 0.25) is 0 Å². The molecule has 0 aromatic rings. The second-order valence-corrected chi connectivity index (χ2v) is 3.80. The standard InChI is InChI=1S/C5H12F3P/c1-2-3-4-5-9(6,7)8/h9H,2-5H2,1H3. The quantitative estimate of drug-likeness (QED) is 0.435. The molecule has 0 aromatic carbocycles. The molecule has 0 amide bonds. The number of hydrogen-bond acceptors (Lipinski definition) is 0. The van der Waals surface area contributed by atoms with E-state index in [9.17, 15) is 12.6 Å². The molecular weight excluding hydrogens is 148 g/mol. The minimum absolute atomic E-state index is 0.340. The summed E-state index contributed by atoms with van der Waals surface area (Å²) in [6, 6.07) is 0. The molecule has 58 valence electrons. The first-order valence-electron chi connectivity index (χ1n) is 3.13. The fraction of sp³-hybridized carbons (Fsp3) is 1.00. The molecule has 0 bridgehead atoms. The summed E-state index contributed by atoms with van der Waals surface area (Å²) in [7, 11) is -5.19. The molecule has 0 aliphatic heterocycles. The third kappa shape index (κ3) is 8.22. The number of halogens is 3. The normalized spacial score (nSPS) is 13.8. The van der Waals surface area contributed by atoms with Gasteiger partial charge in [-0.2, -0.15) is 0 Å². The van der Waals surface area contributed by atoms with E-state index in [4.69, 9.17) is 0 Å². The van der Waals surface area contributed by atoms with Gasteiger partial charge in [0.25, 0.3) is 0 Å². The van der Waals surface area contributed by atoms with Crippen molar-refractivity contribution in [3.63, 3.8) is 0 Å². The summed E-state index contributed by atoms with van der Waals surface area (Å²) < 4.78 is 34.6. The van der Waals surface area contributed by atoms with Crippen LogP contribution in [0.5, 0.6) is 0 Å². The van der Waals surface area contributed by atoms with E-state index in [1.807, 2.05) is 6.92 Å². The van der Waals surface area contributed by atoms with Crippen LogP contribution < -0.4 is 0 Å². The maximum absolute atomic E-state index is 11.5. The minimum atomic E-state index is -5.19. The zero-order valence-corrected chi connectivity index (χ0v) is 6.46. The predicted octanol–water partition coefficient (Wildman–Crippen LogP) is 3.58. The maximum atomic E-state index is 11.5. The molecule has 9 heavy (non-hydrogen) atoms. The average Bonchev–Trinajstić information content (AvgIpc) is 1.63. The number of hydrogen-bond donors (Lipinski definition) is 0. The van der Waals surface area contributed by atoms with Gasteiger partial charge in [0.05, 0.1) is 0 Å². The molecule has 0 radical (unpaired) electrons. The van der Waals surface area contributed by atoms with Crippen molar-refractivity contribution in [2.75, 3.05) is 6.16 Å². The fourth-order valence-electron chi connectivity index (χ4n) is 0.575. The van der Waals surface area contributed by atoms with Crippen molar-refractivity contribution >= 4 is 8.19 Å². The summed E-state index contributed by atoms with van der Waals surface area (Å²) in [5, 5.41) is 0. The van der Waals surface area contributed by atoms with Crippen LogP contribution in [0.25, 0.3) is 0 Å². The molecule has 0 aliphatic rings. The van der Waals surface area contributed by atoms with Gasteiger partial charge in [-0.05, 0) is 0 Å². The Morgan fingerprint density at radius 2 is 1.67 bits per heavy atom. The van der Waals surface area contributed by atoms with Crippen LogP contribution in [0, 0.1) is 0 Å². The van der Waals surface area contributed by atoms with Crippen molar-refractivity contribution in [3.05, 3.63) is 0 Å². The summed E-state index contributed by atoms with van der Waals surface area (Å²) in [5.41, 5.74) is 0. The van der Waals surface area contributed by atoms with Crippen molar-refractivity contribution in [3.8, 4) is 0 Å². The van der Waals surface area contributed by atoms with E-state index in [1.54, 1.807) is 0 Å². The Bertz CT molecular complexity index is 69.1. The van der Waals surface area contributed by atoms with E-state index in [1.165, 1.54) is 0 Å². The summed E-state index contributed by atoms with van der Waals surface area (Å²) in [6.07, 6.45) is 1.43. The monoisotopic (exact) mass is 160 g/mol. The molecular formula is C5H12F3P. The van der Waals surface area contributed by atoms with Crippen molar-refractivity contribution in [1.29, 1.82) is 0 Å². The van der Waals surface area contributed by atoms with Gasteiger partial charge in [-0.1, -0.05) is 0 Å². The van der Waals surface area contributed by atoms with Crippen LogP contribution in [0.4, 0.5) is 12.6 Å². The summed E-state index contributed by atoms with van der Waals surface area (Å²) in [5.74, 6) is 0. The van der Waals surface area contributed by atoms with Crippen LogP contribution in [0.3, 0.4) is 0 Å². The first-order chi connectivity index (χ1) is 4.06. The van der Waals surface area contributed by atoms with E-state index >= 15 is 0 Å². The van der Waals surface area contributed by atoms with Gasteiger partial charge in [-0.25, -0.2) is 0 Å². The third-order valence-corrected chi connectivity index (χ3v) is 1.98. The Morgan fingerprint density at radius 3 is 2.00 bits per heavy atom. The Labute approximate surface area is 54.1 Å². The van der Waals surface area contributed by atoms with Crippen LogP contribution in [0.15, 0.2) is 0 Å². The Kier molecular flexibility index (Phi) is 4.20. The van der Waals surface area contributed by atoms with Gasteiger partial charge in [0.15, 0.2) is 0 Å². The van der Waals surface area contributed by atoms with Crippen molar-refractivity contribution in [2.24, 2.45) is 0 Å². The van der Waals surface area contributed by atoms with E-state index in [0.717, 1.165) is 6.42 Å². The first-order valence-corrected chi connectivity index (χ1v) is 4.97. The molecule has 0 saturated heterocycles. The topological polar surface area (TPSA) is 0 Å². The molecule has 0 heterocycles. The van der Waals surface area contributed by atoms with Crippen LogP contribution in [-0.4, -0.2) is 6.16 Å². The first kappa shape index (κ1) is 9.22. The van der Waals surface area contributed by atoms with E-state index in [2.05, 4.69) is 0 Å². The Hall–Kier alpha value is 0.220. The third-order valence-electron chi connectivity index (χ3n) is 1.06. The molecule has 0 rings (SSSR count). The second kappa shape index (κ2) is 4.10. The van der Waals surface area contributed by atoms with Gasteiger partial charge in [0.1, 0.15) is 0 Å². The van der Waals surface area contributed by atoms with Crippen LogP contribution >= 0.6 is 8.19 Å². The van der Waals surface area contributed by atoms with Crippen LogP contribution in [-0.2, 0) is 0 Å². The van der Waals surface area contributed by atoms with E-state index < -0.39 is 14.4 Å². The van der Waals surface area contributed by atoms with Crippen molar-refractivity contribution < 1.29 is 12.6 Å². The molecule has 0 aliphatic carbocycles. The van der Waals surface area contributed by atoms with Gasteiger partial charge in [-0.15, -0.1) is 0 Å². The van der Waals surface area contributed by atoms with Gasteiger partial charge in [-0.3, -0.25) is 0 Å². The molecule has 0 nitrogen and oxygen atoms in total. The Morgan fingerprint density at radius 1 is 1.11 bits per heavy atom. The van der Waals surface area contributed by atoms with Gasteiger partial charge >= 0.3 is 53.1 Å². The molecule has 0 aromatic heterocycles. The Balaban J connectivity index is 3.07. The molecule has 0 saturated carbocycles. The molecule has 0 atom stereocenters. The van der Waals surface area contributed by atoms with Gasteiger partial charge in [0.2, 0.25) is 0 Å². The summed E-state index contributed by atoms with van der Waals surface area (Å²) in [6.45, 7) is 1.90. The molecule has 0 fully saturated rings.